The van der Waals surface area contributed by atoms with Crippen LogP contribution in [0.5, 0.6) is 0 Å². The van der Waals surface area contributed by atoms with Crippen LogP contribution >= 0.6 is 37.2 Å². The summed E-state index contributed by atoms with van der Waals surface area (Å²) < 4.78 is 0. The van der Waals surface area contributed by atoms with Crippen LogP contribution in [0.1, 0.15) is 18.1 Å². The van der Waals surface area contributed by atoms with E-state index in [4.69, 9.17) is 5.73 Å². The van der Waals surface area contributed by atoms with Crippen LogP contribution in [0, 0.1) is 0 Å². The number of anilines is 1. The quantitative estimate of drug-likeness (QED) is 0.693. The van der Waals surface area contributed by atoms with Crippen molar-refractivity contribution in [2.75, 3.05) is 31.1 Å². The lowest BCUT2D eigenvalue weighted by molar-refractivity contribution is -0.122. The summed E-state index contributed by atoms with van der Waals surface area (Å²) in [6, 6.07) is 18.4. The number of amides is 1. The largest absolute Gasteiger partial charge is 0.369 e. The molecule has 1 saturated heterocycles. The summed E-state index contributed by atoms with van der Waals surface area (Å²) in [7, 11) is 0. The Balaban J connectivity index is 0.00000261. The van der Waals surface area contributed by atoms with Crippen molar-refractivity contribution >= 4 is 48.8 Å². The molecular formula is C21H31Cl3N4O. The molecule has 0 bridgehead atoms. The second kappa shape index (κ2) is 13.7. The van der Waals surface area contributed by atoms with Gasteiger partial charge in [0.25, 0.3) is 0 Å². The van der Waals surface area contributed by atoms with Gasteiger partial charge in [0.2, 0.25) is 5.91 Å². The van der Waals surface area contributed by atoms with Crippen LogP contribution in [0.25, 0.3) is 0 Å². The van der Waals surface area contributed by atoms with Crippen molar-refractivity contribution in [3.05, 3.63) is 65.7 Å². The number of halogens is 3. The minimum atomic E-state index is -0.478. The van der Waals surface area contributed by atoms with Crippen molar-refractivity contribution in [1.29, 1.82) is 0 Å². The molecule has 162 valence electrons. The first-order valence-corrected chi connectivity index (χ1v) is 9.26. The zero-order valence-corrected chi connectivity index (χ0v) is 19.1. The molecule has 1 atom stereocenters. The topological polar surface area (TPSA) is 61.6 Å². The van der Waals surface area contributed by atoms with Gasteiger partial charge in [-0.15, -0.1) is 37.2 Å². The van der Waals surface area contributed by atoms with Gasteiger partial charge in [0.15, 0.2) is 0 Å². The fourth-order valence-electron chi connectivity index (χ4n) is 3.27. The van der Waals surface area contributed by atoms with Crippen molar-refractivity contribution in [2.45, 2.75) is 26.1 Å². The van der Waals surface area contributed by atoms with E-state index in [2.05, 4.69) is 63.6 Å². The molecule has 1 amide bonds. The smallest absolute Gasteiger partial charge is 0.236 e. The minimum absolute atomic E-state index is 0. The number of carbonyl (C=O) groups excluding carboxylic acids is 1. The summed E-state index contributed by atoms with van der Waals surface area (Å²) in [6.45, 7) is 7.28. The highest BCUT2D eigenvalue weighted by Gasteiger charge is 2.18. The van der Waals surface area contributed by atoms with Crippen LogP contribution in [0.15, 0.2) is 54.6 Å². The summed E-state index contributed by atoms with van der Waals surface area (Å²) in [5.41, 5.74) is 9.35. The molecule has 0 aliphatic carbocycles. The standard InChI is InChI=1S/C21H28N4O.3ClH/c1-17(22)21(26)23-15-18-7-5-6-8-19(18)16-24-11-13-25(14-12-24)20-9-3-2-4-10-20;;;/h2-10,17H,11-16,22H2,1H3,(H,23,26);3*1H/t17-;;;/m1.../s1. The van der Waals surface area contributed by atoms with Gasteiger partial charge < -0.3 is 16.0 Å². The van der Waals surface area contributed by atoms with Gasteiger partial charge in [0, 0.05) is 45.0 Å². The molecule has 8 heteroatoms. The lowest BCUT2D eigenvalue weighted by atomic mass is 10.1. The third-order valence-electron chi connectivity index (χ3n) is 4.87. The molecular weight excluding hydrogens is 431 g/mol. The highest BCUT2D eigenvalue weighted by molar-refractivity contribution is 5.86. The third kappa shape index (κ3) is 8.03. The Morgan fingerprint density at radius 2 is 1.48 bits per heavy atom. The van der Waals surface area contributed by atoms with Gasteiger partial charge in [-0.2, -0.15) is 0 Å². The molecule has 0 spiro atoms. The number of nitrogens with one attached hydrogen (secondary N) is 1. The number of nitrogens with two attached hydrogens (primary N) is 1. The third-order valence-corrected chi connectivity index (χ3v) is 4.87. The van der Waals surface area contributed by atoms with E-state index < -0.39 is 6.04 Å². The van der Waals surface area contributed by atoms with Crippen LogP contribution in [0.4, 0.5) is 5.69 Å². The predicted molar refractivity (Wildman–Crippen MR) is 128 cm³/mol. The monoisotopic (exact) mass is 460 g/mol. The van der Waals surface area contributed by atoms with E-state index in [1.807, 2.05) is 6.07 Å². The Labute approximate surface area is 192 Å². The van der Waals surface area contributed by atoms with E-state index in [1.165, 1.54) is 11.3 Å². The molecule has 1 aliphatic rings. The number of nitrogens with zero attached hydrogens (tertiary/aromatic N) is 2. The molecule has 5 nitrogen and oxygen atoms in total. The van der Waals surface area contributed by atoms with E-state index in [9.17, 15) is 4.79 Å². The Morgan fingerprint density at radius 1 is 0.931 bits per heavy atom. The maximum atomic E-state index is 11.7. The number of piperazine rings is 1. The van der Waals surface area contributed by atoms with Gasteiger partial charge in [0.1, 0.15) is 0 Å². The molecule has 0 aromatic heterocycles. The molecule has 3 N–H and O–H groups in total. The van der Waals surface area contributed by atoms with Gasteiger partial charge in [-0.05, 0) is 30.2 Å². The summed E-state index contributed by atoms with van der Waals surface area (Å²) in [6.07, 6.45) is 0. The summed E-state index contributed by atoms with van der Waals surface area (Å²) in [4.78, 5) is 16.6. The minimum Gasteiger partial charge on any atom is -0.369 e. The normalized spacial score (nSPS) is 14.6. The van der Waals surface area contributed by atoms with Crippen LogP contribution in [-0.2, 0) is 17.9 Å². The lowest BCUT2D eigenvalue weighted by Gasteiger charge is -2.36. The molecule has 2 aromatic carbocycles. The summed E-state index contributed by atoms with van der Waals surface area (Å²) >= 11 is 0. The first kappa shape index (κ1) is 27.5. The first-order chi connectivity index (χ1) is 12.6. The average Bonchev–Trinajstić information content (AvgIpc) is 2.68. The number of para-hydroxylation sites is 1. The van der Waals surface area contributed by atoms with Gasteiger partial charge in [-0.25, -0.2) is 0 Å². The fraction of sp³-hybridized carbons (Fsp3) is 0.381. The number of benzene rings is 2. The van der Waals surface area contributed by atoms with Gasteiger partial charge in [-0.1, -0.05) is 42.5 Å². The van der Waals surface area contributed by atoms with Crippen molar-refractivity contribution in [1.82, 2.24) is 10.2 Å². The van der Waals surface area contributed by atoms with E-state index >= 15 is 0 Å². The fourth-order valence-corrected chi connectivity index (χ4v) is 3.27. The highest BCUT2D eigenvalue weighted by Crippen LogP contribution is 2.18. The predicted octanol–water partition coefficient (Wildman–Crippen LogP) is 3.24. The molecule has 2 aromatic rings. The summed E-state index contributed by atoms with van der Waals surface area (Å²) in [5, 5.41) is 2.91. The average molecular weight is 462 g/mol. The van der Waals surface area contributed by atoms with Gasteiger partial charge in [-0.3, -0.25) is 9.69 Å². The van der Waals surface area contributed by atoms with Gasteiger partial charge >= 0.3 is 0 Å². The molecule has 1 aliphatic heterocycles. The second-order valence-corrected chi connectivity index (χ2v) is 6.87. The van der Waals surface area contributed by atoms with Gasteiger partial charge in [0.05, 0.1) is 6.04 Å². The number of carbonyl (C=O) groups is 1. The van der Waals surface area contributed by atoms with Crippen molar-refractivity contribution in [3.63, 3.8) is 0 Å². The van der Waals surface area contributed by atoms with Crippen molar-refractivity contribution in [2.24, 2.45) is 5.73 Å². The maximum Gasteiger partial charge on any atom is 0.236 e. The zero-order chi connectivity index (χ0) is 18.4. The first-order valence-electron chi connectivity index (χ1n) is 9.26. The number of hydrogen-bond donors (Lipinski definition) is 2. The zero-order valence-electron chi connectivity index (χ0n) is 16.6. The Morgan fingerprint density at radius 3 is 2.07 bits per heavy atom. The molecule has 0 unspecified atom stereocenters. The molecule has 29 heavy (non-hydrogen) atoms. The van der Waals surface area contributed by atoms with Crippen LogP contribution in [-0.4, -0.2) is 43.0 Å². The van der Waals surface area contributed by atoms with Crippen LogP contribution in [0.3, 0.4) is 0 Å². The van der Waals surface area contributed by atoms with E-state index in [0.29, 0.717) is 6.54 Å². The van der Waals surface area contributed by atoms with Crippen molar-refractivity contribution in [3.8, 4) is 0 Å². The second-order valence-electron chi connectivity index (χ2n) is 6.87. The highest BCUT2D eigenvalue weighted by atomic mass is 35.5. The summed E-state index contributed by atoms with van der Waals surface area (Å²) in [5.74, 6) is -0.115. The van der Waals surface area contributed by atoms with Crippen LogP contribution in [0.2, 0.25) is 0 Å². The Hall–Kier alpha value is -1.50. The Kier molecular flexibility index (Phi) is 13.0. The number of hydrogen-bond acceptors (Lipinski definition) is 4. The molecule has 1 heterocycles. The molecule has 0 saturated carbocycles. The van der Waals surface area contributed by atoms with Crippen molar-refractivity contribution < 1.29 is 4.79 Å². The maximum absolute atomic E-state index is 11.7. The molecule has 0 radical (unpaired) electrons. The Bertz CT molecular complexity index is 723. The number of rotatable bonds is 6. The van der Waals surface area contributed by atoms with E-state index in [-0.39, 0.29) is 43.1 Å². The lowest BCUT2D eigenvalue weighted by Crippen LogP contribution is -2.46. The van der Waals surface area contributed by atoms with E-state index in [0.717, 1.165) is 38.3 Å². The molecule has 1 fully saturated rings. The SMILES string of the molecule is C[C@@H](N)C(=O)NCc1ccccc1CN1CCN(c2ccccc2)CC1.Cl.Cl.Cl. The van der Waals surface area contributed by atoms with E-state index in [1.54, 1.807) is 6.92 Å². The van der Waals surface area contributed by atoms with Crippen LogP contribution < -0.4 is 16.0 Å². The molecule has 3 rings (SSSR count).